The van der Waals surface area contributed by atoms with Gasteiger partial charge in [0.2, 0.25) is 0 Å². The molecule has 1 aromatic rings. The van der Waals surface area contributed by atoms with E-state index in [0.717, 1.165) is 0 Å². The predicted molar refractivity (Wildman–Crippen MR) is 71.0 cm³/mol. The van der Waals surface area contributed by atoms with Crippen molar-refractivity contribution in [3.8, 4) is 0 Å². The Morgan fingerprint density at radius 1 is 1.29 bits per heavy atom. The average Bonchev–Trinajstić information content (AvgIpc) is 2.39. The molecule has 2 rings (SSSR count). The molecule has 0 bridgehead atoms. The van der Waals surface area contributed by atoms with Gasteiger partial charge in [0, 0.05) is 25.2 Å². The van der Waals surface area contributed by atoms with Gasteiger partial charge in [-0.2, -0.15) is 0 Å². The fourth-order valence-corrected chi connectivity index (χ4v) is 2.52. The number of rotatable bonds is 2. The molecule has 1 aromatic carbocycles. The second-order valence-electron chi connectivity index (χ2n) is 5.22. The van der Waals surface area contributed by atoms with Crippen LogP contribution < -0.4 is 5.32 Å². The standard InChI is InChI=1S/C13H15F2N3O3/c1-7-5-17(6-8(2)16-7)13(19)9-3-10(14)11(15)4-12(9)18(20)21/h3-4,7-8,16H,5-6H2,1-2H3. The highest BCUT2D eigenvalue weighted by atomic mass is 19.2. The molecule has 0 spiro atoms. The van der Waals surface area contributed by atoms with Crippen LogP contribution >= 0.6 is 0 Å². The van der Waals surface area contributed by atoms with E-state index < -0.39 is 33.7 Å². The van der Waals surface area contributed by atoms with Crippen LogP contribution in [0.15, 0.2) is 12.1 Å². The SMILES string of the molecule is CC1CN(C(=O)c2cc(F)c(F)cc2[N+](=O)[O-])CC(C)N1. The molecule has 1 heterocycles. The van der Waals surface area contributed by atoms with Crippen LogP contribution in [0, 0.1) is 21.7 Å². The molecule has 6 nitrogen and oxygen atoms in total. The lowest BCUT2D eigenvalue weighted by atomic mass is 10.1. The van der Waals surface area contributed by atoms with Crippen LogP contribution in [0.4, 0.5) is 14.5 Å². The third-order valence-electron chi connectivity index (χ3n) is 3.31. The van der Waals surface area contributed by atoms with E-state index in [1.165, 1.54) is 4.90 Å². The normalized spacial score (nSPS) is 22.2. The van der Waals surface area contributed by atoms with E-state index >= 15 is 0 Å². The zero-order valence-electron chi connectivity index (χ0n) is 11.6. The van der Waals surface area contributed by atoms with Gasteiger partial charge in [0.05, 0.1) is 11.0 Å². The number of piperazine rings is 1. The first-order chi connectivity index (χ1) is 9.79. The summed E-state index contributed by atoms with van der Waals surface area (Å²) in [5.74, 6) is -3.29. The van der Waals surface area contributed by atoms with Crippen LogP contribution in [0.5, 0.6) is 0 Å². The number of carbonyl (C=O) groups is 1. The molecule has 8 heteroatoms. The summed E-state index contributed by atoms with van der Waals surface area (Å²) in [6, 6.07) is 1.06. The van der Waals surface area contributed by atoms with Gasteiger partial charge in [0.25, 0.3) is 11.6 Å². The van der Waals surface area contributed by atoms with Gasteiger partial charge in [-0.25, -0.2) is 8.78 Å². The van der Waals surface area contributed by atoms with Crippen molar-refractivity contribution < 1.29 is 18.5 Å². The summed E-state index contributed by atoms with van der Waals surface area (Å²) >= 11 is 0. The quantitative estimate of drug-likeness (QED) is 0.666. The van der Waals surface area contributed by atoms with E-state index in [1.807, 2.05) is 13.8 Å². The van der Waals surface area contributed by atoms with E-state index in [9.17, 15) is 23.7 Å². The van der Waals surface area contributed by atoms with E-state index in [2.05, 4.69) is 5.32 Å². The lowest BCUT2D eigenvalue weighted by molar-refractivity contribution is -0.385. The number of hydrogen-bond acceptors (Lipinski definition) is 4. The second-order valence-corrected chi connectivity index (χ2v) is 5.22. The molecule has 0 aliphatic carbocycles. The number of nitrogens with one attached hydrogen (secondary N) is 1. The Morgan fingerprint density at radius 3 is 2.33 bits per heavy atom. The highest BCUT2D eigenvalue weighted by Crippen LogP contribution is 2.24. The van der Waals surface area contributed by atoms with Gasteiger partial charge in [-0.05, 0) is 19.9 Å². The van der Waals surface area contributed by atoms with Gasteiger partial charge in [-0.3, -0.25) is 14.9 Å². The van der Waals surface area contributed by atoms with Crippen LogP contribution in [0.2, 0.25) is 0 Å². The lowest BCUT2D eigenvalue weighted by Gasteiger charge is -2.36. The van der Waals surface area contributed by atoms with Crippen molar-refractivity contribution in [2.75, 3.05) is 13.1 Å². The molecule has 1 saturated heterocycles. The van der Waals surface area contributed by atoms with Gasteiger partial charge < -0.3 is 10.2 Å². The largest absolute Gasteiger partial charge is 0.335 e. The van der Waals surface area contributed by atoms with E-state index in [0.29, 0.717) is 25.2 Å². The zero-order valence-corrected chi connectivity index (χ0v) is 11.6. The summed E-state index contributed by atoms with van der Waals surface area (Å²) < 4.78 is 26.5. The molecule has 2 atom stereocenters. The smallest absolute Gasteiger partial charge is 0.285 e. The van der Waals surface area contributed by atoms with Gasteiger partial charge in [-0.15, -0.1) is 0 Å². The number of nitro groups is 1. The van der Waals surface area contributed by atoms with Gasteiger partial charge >= 0.3 is 0 Å². The third kappa shape index (κ3) is 3.15. The molecule has 1 amide bonds. The van der Waals surface area contributed by atoms with E-state index in [1.54, 1.807) is 0 Å². The number of hydrogen-bond donors (Lipinski definition) is 1. The summed E-state index contributed by atoms with van der Waals surface area (Å²) in [5, 5.41) is 14.1. The summed E-state index contributed by atoms with van der Waals surface area (Å²) in [7, 11) is 0. The number of nitro benzene ring substituents is 1. The minimum absolute atomic E-state index is 0.0158. The number of halogens is 2. The lowest BCUT2D eigenvalue weighted by Crippen LogP contribution is -2.55. The van der Waals surface area contributed by atoms with Crippen molar-refractivity contribution in [3.05, 3.63) is 39.4 Å². The molecule has 1 aliphatic heterocycles. The number of nitrogens with zero attached hydrogens (tertiary/aromatic N) is 2. The van der Waals surface area contributed by atoms with Crippen LogP contribution in [0.1, 0.15) is 24.2 Å². The molecule has 0 radical (unpaired) electrons. The predicted octanol–water partition coefficient (Wildman–Crippen LogP) is 1.70. The molecule has 0 aromatic heterocycles. The highest BCUT2D eigenvalue weighted by molar-refractivity contribution is 5.98. The van der Waals surface area contributed by atoms with E-state index in [-0.39, 0.29) is 12.1 Å². The molecule has 1 N–H and O–H groups in total. The van der Waals surface area contributed by atoms with Crippen molar-refractivity contribution >= 4 is 11.6 Å². The van der Waals surface area contributed by atoms with Gasteiger partial charge in [0.1, 0.15) is 5.56 Å². The fourth-order valence-electron chi connectivity index (χ4n) is 2.52. The molecular formula is C13H15F2N3O3. The Balaban J connectivity index is 2.38. The van der Waals surface area contributed by atoms with Gasteiger partial charge in [-0.1, -0.05) is 0 Å². The Bertz CT molecular complexity index is 584. The summed E-state index contributed by atoms with van der Waals surface area (Å²) in [4.78, 5) is 23.8. The fraction of sp³-hybridized carbons (Fsp3) is 0.462. The number of benzene rings is 1. The molecule has 1 fully saturated rings. The topological polar surface area (TPSA) is 75.5 Å². The molecule has 0 saturated carbocycles. The summed E-state index contributed by atoms with van der Waals surface area (Å²) in [6.07, 6.45) is 0. The van der Waals surface area contributed by atoms with Crippen molar-refractivity contribution in [3.63, 3.8) is 0 Å². The van der Waals surface area contributed by atoms with E-state index in [4.69, 9.17) is 0 Å². The first-order valence-electron chi connectivity index (χ1n) is 6.48. The minimum Gasteiger partial charge on any atom is -0.335 e. The average molecular weight is 299 g/mol. The zero-order chi connectivity index (χ0) is 15.7. The highest BCUT2D eigenvalue weighted by Gasteiger charge is 2.31. The Labute approximate surface area is 119 Å². The maximum absolute atomic E-state index is 13.3. The van der Waals surface area contributed by atoms with Crippen LogP contribution in [-0.4, -0.2) is 40.9 Å². The molecular weight excluding hydrogens is 284 g/mol. The number of amides is 1. The Hall–Kier alpha value is -2.09. The minimum atomic E-state index is -1.35. The van der Waals surface area contributed by atoms with Crippen LogP contribution in [-0.2, 0) is 0 Å². The summed E-state index contributed by atoms with van der Waals surface area (Å²) in [5.41, 5.74) is -1.15. The third-order valence-corrected chi connectivity index (χ3v) is 3.31. The first-order valence-corrected chi connectivity index (χ1v) is 6.48. The monoisotopic (exact) mass is 299 g/mol. The number of carbonyl (C=O) groups excluding carboxylic acids is 1. The molecule has 1 aliphatic rings. The Morgan fingerprint density at radius 2 is 1.81 bits per heavy atom. The second kappa shape index (κ2) is 5.72. The molecule has 114 valence electrons. The van der Waals surface area contributed by atoms with Crippen molar-refractivity contribution in [2.24, 2.45) is 0 Å². The maximum atomic E-state index is 13.3. The molecule has 21 heavy (non-hydrogen) atoms. The Kier molecular flexibility index (Phi) is 4.17. The van der Waals surface area contributed by atoms with Crippen molar-refractivity contribution in [1.82, 2.24) is 10.2 Å². The van der Waals surface area contributed by atoms with Gasteiger partial charge in [0.15, 0.2) is 11.6 Å². The summed E-state index contributed by atoms with van der Waals surface area (Å²) in [6.45, 7) is 4.43. The first kappa shape index (κ1) is 15.3. The van der Waals surface area contributed by atoms with Crippen LogP contribution in [0.25, 0.3) is 0 Å². The van der Waals surface area contributed by atoms with Crippen LogP contribution in [0.3, 0.4) is 0 Å². The van der Waals surface area contributed by atoms with Crippen molar-refractivity contribution in [1.29, 1.82) is 0 Å². The maximum Gasteiger partial charge on any atom is 0.285 e. The van der Waals surface area contributed by atoms with Crippen molar-refractivity contribution in [2.45, 2.75) is 25.9 Å². The molecule has 2 unspecified atom stereocenters.